The molecule has 0 bridgehead atoms. The van der Waals surface area contributed by atoms with Crippen molar-refractivity contribution >= 4 is 11.6 Å². The predicted molar refractivity (Wildman–Crippen MR) is 96.5 cm³/mol. The van der Waals surface area contributed by atoms with Crippen LogP contribution in [0.3, 0.4) is 0 Å². The van der Waals surface area contributed by atoms with Crippen molar-refractivity contribution in [3.63, 3.8) is 0 Å². The van der Waals surface area contributed by atoms with Crippen molar-refractivity contribution in [1.29, 1.82) is 0 Å². The topological polar surface area (TPSA) is 60.1 Å². The fourth-order valence-electron chi connectivity index (χ4n) is 3.05. The summed E-state index contributed by atoms with van der Waals surface area (Å²) in [5.41, 5.74) is 1.94. The van der Waals surface area contributed by atoms with Gasteiger partial charge in [-0.1, -0.05) is 48.0 Å². The molecule has 0 unspecified atom stereocenters. The number of hydrogen-bond donors (Lipinski definition) is 0. The maximum absolute atomic E-state index is 12.5. The molecular formula is C19H18N4O2. The van der Waals surface area contributed by atoms with Crippen LogP contribution in [0.4, 0.5) is 11.6 Å². The number of anilines is 2. The highest BCUT2D eigenvalue weighted by molar-refractivity contribution is 5.58. The largest absolute Gasteiger partial charge is 0.333 e. The average molecular weight is 334 g/mol. The Labute approximate surface area is 144 Å². The minimum atomic E-state index is -0.584. The molecule has 1 aromatic heterocycles. The van der Waals surface area contributed by atoms with Crippen LogP contribution in [0, 0.1) is 6.92 Å². The summed E-state index contributed by atoms with van der Waals surface area (Å²) in [6.45, 7) is 3.38. The van der Waals surface area contributed by atoms with Gasteiger partial charge in [-0.25, -0.2) is 4.68 Å². The zero-order valence-corrected chi connectivity index (χ0v) is 13.9. The normalized spacial score (nSPS) is 13.1. The van der Waals surface area contributed by atoms with Gasteiger partial charge in [-0.15, -0.1) is 5.10 Å². The molecule has 1 aliphatic rings. The molecule has 1 aliphatic heterocycles. The summed E-state index contributed by atoms with van der Waals surface area (Å²) in [5, 5.41) is 4.48. The zero-order valence-electron chi connectivity index (χ0n) is 13.9. The summed E-state index contributed by atoms with van der Waals surface area (Å²) in [6, 6.07) is 17.6. The molecule has 0 aliphatic carbocycles. The van der Waals surface area contributed by atoms with E-state index >= 15 is 0 Å². The number of nitrogens with zero attached hydrogens (tertiary/aromatic N) is 4. The number of aromatic nitrogens is 3. The molecule has 0 amide bonds. The molecule has 6 nitrogen and oxygen atoms in total. The van der Waals surface area contributed by atoms with Gasteiger partial charge in [0.15, 0.2) is 0 Å². The van der Waals surface area contributed by atoms with E-state index in [0.717, 1.165) is 16.8 Å². The summed E-state index contributed by atoms with van der Waals surface area (Å²) < 4.78 is 2.72. The van der Waals surface area contributed by atoms with Crippen molar-refractivity contribution in [3.05, 3.63) is 86.4 Å². The van der Waals surface area contributed by atoms with Crippen LogP contribution < -0.4 is 16.0 Å². The van der Waals surface area contributed by atoms with E-state index in [4.69, 9.17) is 0 Å². The third-order valence-electron chi connectivity index (χ3n) is 4.42. The monoisotopic (exact) mass is 334 g/mol. The maximum atomic E-state index is 12.5. The van der Waals surface area contributed by atoms with E-state index in [1.807, 2.05) is 66.4 Å². The molecule has 6 heteroatoms. The number of para-hydroxylation sites is 1. The number of rotatable bonds is 3. The van der Waals surface area contributed by atoms with Crippen molar-refractivity contribution in [2.24, 2.45) is 0 Å². The standard InChI is InChI=1S/C19H18N4O2/c1-14-7-9-15(10-8-14)13-23-18(25)17(24)22-12-11-21(19(22)20-23)16-5-3-2-4-6-16/h2-10H,11-13H2,1H3. The van der Waals surface area contributed by atoms with Gasteiger partial charge >= 0.3 is 11.1 Å². The van der Waals surface area contributed by atoms with Gasteiger partial charge in [-0.2, -0.15) is 0 Å². The Hall–Kier alpha value is -3.15. The third kappa shape index (κ3) is 2.76. The van der Waals surface area contributed by atoms with Crippen molar-refractivity contribution in [3.8, 4) is 0 Å². The van der Waals surface area contributed by atoms with Gasteiger partial charge in [0.1, 0.15) is 0 Å². The van der Waals surface area contributed by atoms with Gasteiger partial charge in [-0.05, 0) is 24.6 Å². The molecule has 0 N–H and O–H groups in total. The van der Waals surface area contributed by atoms with Gasteiger partial charge in [-0.3, -0.25) is 14.2 Å². The van der Waals surface area contributed by atoms with E-state index in [2.05, 4.69) is 5.10 Å². The van der Waals surface area contributed by atoms with Crippen LogP contribution in [-0.4, -0.2) is 20.9 Å². The van der Waals surface area contributed by atoms with E-state index < -0.39 is 11.1 Å². The first kappa shape index (κ1) is 15.4. The Morgan fingerprint density at radius 2 is 1.64 bits per heavy atom. The lowest BCUT2D eigenvalue weighted by Crippen LogP contribution is -2.42. The molecule has 3 aromatic rings. The van der Waals surface area contributed by atoms with Gasteiger partial charge in [0.2, 0.25) is 5.95 Å². The fraction of sp³-hybridized carbons (Fsp3) is 0.211. The van der Waals surface area contributed by atoms with Crippen molar-refractivity contribution in [1.82, 2.24) is 14.3 Å². The first-order valence-electron chi connectivity index (χ1n) is 8.23. The van der Waals surface area contributed by atoms with Crippen LogP contribution in [0.25, 0.3) is 0 Å². The SMILES string of the molecule is Cc1ccc(Cn2nc3n(c(=O)c2=O)CCN3c2ccccc2)cc1. The molecule has 0 saturated heterocycles. The van der Waals surface area contributed by atoms with E-state index in [9.17, 15) is 9.59 Å². The molecule has 2 heterocycles. The zero-order chi connectivity index (χ0) is 17.4. The van der Waals surface area contributed by atoms with Gasteiger partial charge in [0, 0.05) is 18.8 Å². The predicted octanol–water partition coefficient (Wildman–Crippen LogP) is 1.91. The van der Waals surface area contributed by atoms with Gasteiger partial charge < -0.3 is 4.90 Å². The second-order valence-corrected chi connectivity index (χ2v) is 6.19. The van der Waals surface area contributed by atoms with Crippen molar-refractivity contribution in [2.45, 2.75) is 20.0 Å². The van der Waals surface area contributed by atoms with Gasteiger partial charge in [0.25, 0.3) is 0 Å². The van der Waals surface area contributed by atoms with E-state index in [1.165, 1.54) is 9.25 Å². The maximum Gasteiger partial charge on any atom is 0.333 e. The second-order valence-electron chi connectivity index (χ2n) is 6.19. The highest BCUT2D eigenvalue weighted by Gasteiger charge is 2.25. The summed E-state index contributed by atoms with van der Waals surface area (Å²) >= 11 is 0. The highest BCUT2D eigenvalue weighted by atomic mass is 16.2. The molecule has 4 rings (SSSR count). The fourth-order valence-corrected chi connectivity index (χ4v) is 3.05. The second kappa shape index (κ2) is 6.05. The number of aryl methyl sites for hydroxylation is 1. The molecule has 0 fully saturated rings. The summed E-state index contributed by atoms with van der Waals surface area (Å²) in [6.07, 6.45) is 0. The van der Waals surface area contributed by atoms with E-state index in [-0.39, 0.29) is 6.54 Å². The highest BCUT2D eigenvalue weighted by Crippen LogP contribution is 2.25. The van der Waals surface area contributed by atoms with Crippen molar-refractivity contribution < 1.29 is 0 Å². The molecule has 2 aromatic carbocycles. The minimum absolute atomic E-state index is 0.283. The van der Waals surface area contributed by atoms with E-state index in [1.54, 1.807) is 0 Å². The molecule has 0 spiro atoms. The Morgan fingerprint density at radius 1 is 0.920 bits per heavy atom. The van der Waals surface area contributed by atoms with Crippen LogP contribution in [0.1, 0.15) is 11.1 Å². The average Bonchev–Trinajstić information content (AvgIpc) is 3.06. The lowest BCUT2D eigenvalue weighted by Gasteiger charge is -2.17. The quantitative estimate of drug-likeness (QED) is 0.687. The van der Waals surface area contributed by atoms with Crippen molar-refractivity contribution in [2.75, 3.05) is 11.4 Å². The Kier molecular flexibility index (Phi) is 3.72. The third-order valence-corrected chi connectivity index (χ3v) is 4.42. The molecule has 0 saturated carbocycles. The Balaban J connectivity index is 1.78. The van der Waals surface area contributed by atoms with Gasteiger partial charge in [0.05, 0.1) is 6.54 Å². The number of fused-ring (bicyclic) bond motifs is 1. The number of hydrogen-bond acceptors (Lipinski definition) is 4. The molecule has 0 atom stereocenters. The van der Waals surface area contributed by atoms with Crippen LogP contribution >= 0.6 is 0 Å². The molecule has 25 heavy (non-hydrogen) atoms. The summed E-state index contributed by atoms with van der Waals surface area (Å²) in [5.74, 6) is 0.517. The summed E-state index contributed by atoms with van der Waals surface area (Å²) in [4.78, 5) is 26.8. The van der Waals surface area contributed by atoms with Crippen LogP contribution in [-0.2, 0) is 13.1 Å². The number of benzene rings is 2. The van der Waals surface area contributed by atoms with Crippen LogP contribution in [0.5, 0.6) is 0 Å². The lowest BCUT2D eigenvalue weighted by atomic mass is 10.1. The first-order valence-corrected chi connectivity index (χ1v) is 8.23. The minimum Gasteiger partial charge on any atom is -0.309 e. The van der Waals surface area contributed by atoms with Crippen LogP contribution in [0.15, 0.2) is 64.2 Å². The van der Waals surface area contributed by atoms with Crippen LogP contribution in [0.2, 0.25) is 0 Å². The molecule has 0 radical (unpaired) electrons. The molecule has 126 valence electrons. The van der Waals surface area contributed by atoms with E-state index in [0.29, 0.717) is 19.0 Å². The summed E-state index contributed by atoms with van der Waals surface area (Å²) in [7, 11) is 0. The Morgan fingerprint density at radius 3 is 2.36 bits per heavy atom. The molecular weight excluding hydrogens is 316 g/mol. The lowest BCUT2D eigenvalue weighted by molar-refractivity contribution is 0.591. The Bertz CT molecular complexity index is 1020. The smallest absolute Gasteiger partial charge is 0.309 e. The first-order chi connectivity index (χ1) is 12.1.